The van der Waals surface area contributed by atoms with Gasteiger partial charge in [-0.1, -0.05) is 0 Å². The van der Waals surface area contributed by atoms with Crippen molar-refractivity contribution in [2.45, 2.75) is 32.9 Å². The van der Waals surface area contributed by atoms with Crippen molar-refractivity contribution < 1.29 is 32.5 Å². The van der Waals surface area contributed by atoms with E-state index in [-0.39, 0.29) is 27.4 Å². The first kappa shape index (κ1) is 21.7. The average Bonchev–Trinajstić information content (AvgIpc) is 2.97. The molecule has 2 amide bonds. The van der Waals surface area contributed by atoms with Gasteiger partial charge in [0.25, 0.3) is 11.8 Å². The molecule has 0 aliphatic carbocycles. The van der Waals surface area contributed by atoms with Crippen molar-refractivity contribution in [3.8, 4) is 0 Å². The number of hydrogen-bond acceptors (Lipinski definition) is 9. The fourth-order valence-corrected chi connectivity index (χ4v) is 3.75. The smallest absolute Gasteiger partial charge is 0.362 e. The van der Waals surface area contributed by atoms with Crippen LogP contribution in [0.4, 0.5) is 5.13 Å². The molecule has 28 heavy (non-hydrogen) atoms. The number of aliphatic imine (C=N–C) groups is 1. The predicted octanol–water partition coefficient (Wildman–Crippen LogP) is -0.856. The number of rotatable bonds is 7. The molecule has 2 rings (SSSR count). The van der Waals surface area contributed by atoms with Gasteiger partial charge in [-0.2, -0.15) is 8.42 Å². The van der Waals surface area contributed by atoms with E-state index in [9.17, 15) is 27.9 Å². The van der Waals surface area contributed by atoms with Crippen LogP contribution in [-0.2, 0) is 24.7 Å². The number of nitrogens with two attached hydrogens (primary N) is 1. The van der Waals surface area contributed by atoms with E-state index in [0.29, 0.717) is 0 Å². The molecule has 1 aliphatic heterocycles. The molecule has 0 bridgehead atoms. The van der Waals surface area contributed by atoms with E-state index in [1.165, 1.54) is 26.2 Å². The molecule has 1 aliphatic rings. The molecule has 0 unspecified atom stereocenters. The lowest BCUT2D eigenvalue weighted by Crippen LogP contribution is -2.71. The number of β-lactam (4-membered cyclic amide) rings is 1. The highest BCUT2D eigenvalue weighted by atomic mass is 32.2. The molecule has 0 radical (unpaired) electrons. The summed E-state index contributed by atoms with van der Waals surface area (Å²) in [5.74, 6) is -2.99. The summed E-state index contributed by atoms with van der Waals surface area (Å²) in [6.07, 6.45) is 0. The zero-order valence-electron chi connectivity index (χ0n) is 15.1. The number of carbonyl (C=O) groups excluding carboxylic acids is 2. The van der Waals surface area contributed by atoms with Crippen molar-refractivity contribution in [2.75, 3.05) is 12.3 Å². The molecule has 0 spiro atoms. The van der Waals surface area contributed by atoms with Crippen molar-refractivity contribution in [1.82, 2.24) is 14.6 Å². The van der Waals surface area contributed by atoms with Crippen LogP contribution < -0.4 is 11.1 Å². The summed E-state index contributed by atoms with van der Waals surface area (Å²) in [5, 5.41) is 13.1. The first-order chi connectivity index (χ1) is 12.8. The minimum atomic E-state index is -4.73. The molecule has 2 heterocycles. The summed E-state index contributed by atoms with van der Waals surface area (Å²) < 4.78 is 31.5. The second-order valence-electron chi connectivity index (χ2n) is 6.73. The van der Waals surface area contributed by atoms with Crippen LogP contribution >= 0.6 is 11.3 Å². The number of nitrogens with one attached hydrogen (secondary N) is 1. The second kappa shape index (κ2) is 7.44. The Morgan fingerprint density at radius 3 is 2.50 bits per heavy atom. The van der Waals surface area contributed by atoms with Gasteiger partial charge in [0, 0.05) is 5.38 Å². The molecule has 2 atom stereocenters. The summed E-state index contributed by atoms with van der Waals surface area (Å²) in [6.45, 7) is 3.91. The van der Waals surface area contributed by atoms with Crippen LogP contribution in [0.15, 0.2) is 10.4 Å². The summed E-state index contributed by atoms with van der Waals surface area (Å²) in [6, 6.07) is -2.22. The van der Waals surface area contributed by atoms with Crippen molar-refractivity contribution in [3.63, 3.8) is 0 Å². The summed E-state index contributed by atoms with van der Waals surface area (Å²) >= 11 is 1.04. The lowest BCUT2D eigenvalue weighted by atomic mass is 9.94. The number of aliphatic carboxylic acids is 1. The lowest BCUT2D eigenvalue weighted by Gasteiger charge is -2.42. The van der Waals surface area contributed by atoms with Crippen molar-refractivity contribution in [2.24, 2.45) is 10.4 Å². The van der Waals surface area contributed by atoms with E-state index in [1.54, 1.807) is 0 Å². The van der Waals surface area contributed by atoms with Crippen LogP contribution in [0.1, 0.15) is 26.5 Å². The Hall–Kier alpha value is -2.58. The van der Waals surface area contributed by atoms with Gasteiger partial charge < -0.3 is 16.2 Å². The monoisotopic (exact) mass is 433 g/mol. The number of nitrogen functional groups attached to an aromatic ring is 1. The van der Waals surface area contributed by atoms with E-state index in [2.05, 4.69) is 15.3 Å². The molecule has 5 N–H and O–H groups in total. The van der Waals surface area contributed by atoms with Gasteiger partial charge in [-0.05, 0) is 20.8 Å². The Kier molecular flexibility index (Phi) is 5.77. The molecule has 1 fully saturated rings. The topological polar surface area (TPSA) is 192 Å². The van der Waals surface area contributed by atoms with Crippen molar-refractivity contribution >= 4 is 50.3 Å². The largest absolute Gasteiger partial charge is 0.481 e. The number of hydrogen-bond donors (Lipinski definition) is 4. The van der Waals surface area contributed by atoms with E-state index in [4.69, 9.17) is 10.3 Å². The van der Waals surface area contributed by atoms with E-state index in [0.717, 1.165) is 11.3 Å². The normalized spacial score (nSPS) is 20.6. The Labute approximate surface area is 164 Å². The van der Waals surface area contributed by atoms with E-state index in [1.807, 2.05) is 0 Å². The SMILES string of the molecule is C[C@H]1[C@H](NC(=O)C(=NCC(C)(C)C(=O)O)c2csc(N)n2)C(=O)N1S(=O)(=O)O. The van der Waals surface area contributed by atoms with Crippen molar-refractivity contribution in [3.05, 3.63) is 11.1 Å². The molecular weight excluding hydrogens is 414 g/mol. The molecule has 1 aromatic heterocycles. The van der Waals surface area contributed by atoms with Crippen LogP contribution in [-0.4, -0.2) is 69.5 Å². The van der Waals surface area contributed by atoms with Crippen LogP contribution in [0.2, 0.25) is 0 Å². The molecule has 154 valence electrons. The van der Waals surface area contributed by atoms with Crippen LogP contribution in [0.25, 0.3) is 0 Å². The molecule has 12 nitrogen and oxygen atoms in total. The summed E-state index contributed by atoms with van der Waals surface area (Å²) in [4.78, 5) is 43.8. The van der Waals surface area contributed by atoms with E-state index < -0.39 is 45.6 Å². The maximum atomic E-state index is 12.6. The standard InChI is InChI=1S/C14H19N5O7S2/c1-6-8(11(21)19(6)28(24,25)26)18-10(20)9(7-4-27-13(15)17-7)16-5-14(2,3)12(22)23/h4,6,8H,5H2,1-3H3,(H2,15,17)(H,18,20)(H,22,23)(H,24,25,26)/t6-,8-/m0/s1. The average molecular weight is 433 g/mol. The molecule has 0 aromatic carbocycles. The van der Waals surface area contributed by atoms with Crippen molar-refractivity contribution in [1.29, 1.82) is 0 Å². The molecular formula is C14H19N5O7S2. The van der Waals surface area contributed by atoms with Gasteiger partial charge in [0.2, 0.25) is 0 Å². The highest BCUT2D eigenvalue weighted by Crippen LogP contribution is 2.23. The third-order valence-corrected chi connectivity index (χ3v) is 5.75. The summed E-state index contributed by atoms with van der Waals surface area (Å²) in [5.41, 5.74) is 4.14. The number of thiazole rings is 1. The van der Waals surface area contributed by atoms with Gasteiger partial charge >= 0.3 is 16.3 Å². The lowest BCUT2D eigenvalue weighted by molar-refractivity contribution is -0.146. The summed E-state index contributed by atoms with van der Waals surface area (Å²) in [7, 11) is -4.73. The van der Waals surface area contributed by atoms with Gasteiger partial charge in [-0.3, -0.25) is 23.9 Å². The highest BCUT2D eigenvalue weighted by Gasteiger charge is 2.51. The number of carboxylic acid groups (broad SMARTS) is 1. The Morgan fingerprint density at radius 2 is 2.07 bits per heavy atom. The van der Waals surface area contributed by atoms with Gasteiger partial charge in [-0.25, -0.2) is 9.29 Å². The molecule has 14 heteroatoms. The number of carboxylic acids is 1. The minimum absolute atomic E-state index is 0.0900. The van der Waals surface area contributed by atoms with Gasteiger partial charge in [0.1, 0.15) is 17.4 Å². The first-order valence-electron chi connectivity index (χ1n) is 7.86. The quantitative estimate of drug-likeness (QED) is 0.240. The second-order valence-corrected chi connectivity index (χ2v) is 8.91. The number of amides is 2. The Morgan fingerprint density at radius 1 is 1.46 bits per heavy atom. The molecule has 1 aromatic rings. The van der Waals surface area contributed by atoms with Crippen LogP contribution in [0, 0.1) is 5.41 Å². The first-order valence-corrected chi connectivity index (χ1v) is 10.1. The minimum Gasteiger partial charge on any atom is -0.481 e. The molecule has 0 saturated carbocycles. The number of anilines is 1. The highest BCUT2D eigenvalue weighted by molar-refractivity contribution is 7.84. The van der Waals surface area contributed by atoms with E-state index >= 15 is 0 Å². The third kappa shape index (κ3) is 4.28. The van der Waals surface area contributed by atoms with Gasteiger partial charge in [0.05, 0.1) is 18.0 Å². The number of nitrogens with zero attached hydrogens (tertiary/aromatic N) is 3. The number of carbonyl (C=O) groups is 3. The van der Waals surface area contributed by atoms with Gasteiger partial charge in [-0.15, -0.1) is 11.3 Å². The zero-order chi connectivity index (χ0) is 21.4. The van der Waals surface area contributed by atoms with Crippen LogP contribution in [0.3, 0.4) is 0 Å². The Balaban J connectivity index is 2.26. The third-order valence-electron chi connectivity index (χ3n) is 4.06. The predicted molar refractivity (Wildman–Crippen MR) is 99.1 cm³/mol. The number of aromatic nitrogens is 1. The molecule has 1 saturated heterocycles. The fourth-order valence-electron chi connectivity index (χ4n) is 2.32. The van der Waals surface area contributed by atoms with Gasteiger partial charge in [0.15, 0.2) is 5.13 Å². The zero-order valence-corrected chi connectivity index (χ0v) is 16.7. The fraction of sp³-hybridized carbons (Fsp3) is 0.500. The Bertz CT molecular complexity index is 953. The van der Waals surface area contributed by atoms with Crippen LogP contribution in [0.5, 0.6) is 0 Å². The maximum absolute atomic E-state index is 12.6. The maximum Gasteiger partial charge on any atom is 0.362 e.